The molecular weight excluding hydrogens is 623 g/mol. The monoisotopic (exact) mass is 661 g/mol. The van der Waals surface area contributed by atoms with Gasteiger partial charge in [-0.15, -0.1) is 10.2 Å². The molecule has 10 nitrogen and oxygen atoms in total. The minimum Gasteiger partial charge on any atom is -0.491 e. The van der Waals surface area contributed by atoms with Gasteiger partial charge in [-0.3, -0.25) is 9.20 Å². The van der Waals surface area contributed by atoms with Gasteiger partial charge in [0.15, 0.2) is 11.5 Å². The van der Waals surface area contributed by atoms with Gasteiger partial charge in [0.2, 0.25) is 5.91 Å². The smallest absolute Gasteiger partial charge is 0.239 e. The number of rotatable bonds is 12. The molecule has 0 aliphatic heterocycles. The average molecular weight is 662 g/mol. The number of pyridine rings is 1. The van der Waals surface area contributed by atoms with Gasteiger partial charge in [-0.05, 0) is 48.4 Å². The predicted octanol–water partition coefficient (Wildman–Crippen LogP) is 6.44. The summed E-state index contributed by atoms with van der Waals surface area (Å²) in [5.41, 5.74) is 5.42. The number of anilines is 1. The van der Waals surface area contributed by atoms with Crippen LogP contribution in [-0.2, 0) is 16.8 Å². The fraction of sp³-hybridized carbons (Fsp3) is 0.243. The summed E-state index contributed by atoms with van der Waals surface area (Å²) in [5, 5.41) is 29.2. The number of ether oxygens (including phenoxy) is 1. The molecule has 0 radical (unpaired) electrons. The molecular formula is C37H39N7O3S. The number of nitrogens with one attached hydrogen (secondary N) is 2. The van der Waals surface area contributed by atoms with Crippen LogP contribution in [0.1, 0.15) is 37.6 Å². The van der Waals surface area contributed by atoms with Crippen LogP contribution in [0.4, 0.5) is 5.82 Å². The van der Waals surface area contributed by atoms with Crippen molar-refractivity contribution >= 4 is 29.1 Å². The summed E-state index contributed by atoms with van der Waals surface area (Å²) in [6.07, 6.45) is 2.07. The highest BCUT2D eigenvalue weighted by molar-refractivity contribution is 7.99. The van der Waals surface area contributed by atoms with E-state index in [1.807, 2.05) is 65.1 Å². The third-order valence-corrected chi connectivity index (χ3v) is 8.83. The number of hydrogen-bond acceptors (Lipinski definition) is 8. The van der Waals surface area contributed by atoms with Crippen molar-refractivity contribution in [3.05, 3.63) is 114 Å². The van der Waals surface area contributed by atoms with E-state index in [4.69, 9.17) is 14.9 Å². The molecule has 0 aliphatic rings. The van der Waals surface area contributed by atoms with Crippen LogP contribution in [0.25, 0.3) is 22.7 Å². The van der Waals surface area contributed by atoms with E-state index in [0.717, 1.165) is 49.3 Å². The fourth-order valence-corrected chi connectivity index (χ4v) is 6.18. The minimum absolute atomic E-state index is 0.0774. The molecule has 48 heavy (non-hydrogen) atoms. The minimum atomic E-state index is -0.226. The maximum absolute atomic E-state index is 13.2. The fourth-order valence-electron chi connectivity index (χ4n) is 5.22. The Hall–Kier alpha value is -4.97. The molecule has 0 unspecified atom stereocenters. The lowest BCUT2D eigenvalue weighted by Gasteiger charge is -2.14. The van der Waals surface area contributed by atoms with E-state index in [-0.39, 0.29) is 31.1 Å². The van der Waals surface area contributed by atoms with Crippen LogP contribution in [-0.4, -0.2) is 55.2 Å². The summed E-state index contributed by atoms with van der Waals surface area (Å²) in [5.74, 6) is 1.80. The highest BCUT2D eigenvalue weighted by Gasteiger charge is 2.22. The van der Waals surface area contributed by atoms with Crippen molar-refractivity contribution in [2.24, 2.45) is 0 Å². The largest absolute Gasteiger partial charge is 0.491 e. The second-order valence-electron chi connectivity index (χ2n) is 12.4. The molecule has 11 heteroatoms. The van der Waals surface area contributed by atoms with Crippen LogP contribution < -0.4 is 15.4 Å². The molecule has 0 saturated heterocycles. The third kappa shape index (κ3) is 7.60. The van der Waals surface area contributed by atoms with Gasteiger partial charge in [0.1, 0.15) is 18.2 Å². The Bertz CT molecular complexity index is 2050. The summed E-state index contributed by atoms with van der Waals surface area (Å²) < 4.78 is 9.35. The van der Waals surface area contributed by atoms with Crippen molar-refractivity contribution in [3.8, 4) is 22.8 Å². The first-order valence-electron chi connectivity index (χ1n) is 15.8. The van der Waals surface area contributed by atoms with Gasteiger partial charge in [0.25, 0.3) is 0 Å². The molecule has 0 bridgehead atoms. The van der Waals surface area contributed by atoms with Crippen molar-refractivity contribution in [2.45, 2.75) is 49.4 Å². The van der Waals surface area contributed by atoms with Crippen LogP contribution in [0.2, 0.25) is 0 Å². The zero-order valence-electron chi connectivity index (χ0n) is 27.5. The van der Waals surface area contributed by atoms with Gasteiger partial charge < -0.3 is 20.5 Å². The first-order valence-corrected chi connectivity index (χ1v) is 16.6. The molecule has 6 rings (SSSR count). The number of nitrogens with zero attached hydrogens (tertiary/aromatic N) is 5. The second kappa shape index (κ2) is 14.4. The maximum atomic E-state index is 13.2. The molecule has 3 aromatic heterocycles. The Balaban J connectivity index is 1.14. The molecule has 0 spiro atoms. The van der Waals surface area contributed by atoms with Gasteiger partial charge in [0.05, 0.1) is 24.5 Å². The third-order valence-electron chi connectivity index (χ3n) is 7.73. The second-order valence-corrected chi connectivity index (χ2v) is 13.6. The van der Waals surface area contributed by atoms with E-state index < -0.39 is 0 Å². The van der Waals surface area contributed by atoms with Crippen molar-refractivity contribution < 1.29 is 14.6 Å². The summed E-state index contributed by atoms with van der Waals surface area (Å²) in [4.78, 5) is 15.4. The van der Waals surface area contributed by atoms with Crippen LogP contribution >= 0.6 is 11.8 Å². The van der Waals surface area contributed by atoms with E-state index in [1.54, 1.807) is 16.4 Å². The van der Waals surface area contributed by atoms with Crippen molar-refractivity contribution in [1.29, 1.82) is 0 Å². The lowest BCUT2D eigenvalue weighted by molar-refractivity contribution is -0.115. The topological polar surface area (TPSA) is 119 Å². The van der Waals surface area contributed by atoms with Crippen molar-refractivity contribution in [1.82, 2.24) is 29.7 Å². The number of aliphatic hydroxyl groups excluding tert-OH is 1. The molecule has 3 heterocycles. The quantitative estimate of drug-likeness (QED) is 0.137. The van der Waals surface area contributed by atoms with Crippen LogP contribution in [0.15, 0.2) is 107 Å². The maximum Gasteiger partial charge on any atom is 0.239 e. The lowest BCUT2D eigenvalue weighted by atomic mass is 9.92. The molecule has 0 saturated carbocycles. The van der Waals surface area contributed by atoms with E-state index in [0.29, 0.717) is 18.1 Å². The van der Waals surface area contributed by atoms with E-state index in [2.05, 4.69) is 85.1 Å². The number of benzene rings is 3. The number of amides is 1. The SMILES string of the molecule is Cc1ccccc1-c1nnc2ccc(Sc3ccccc3CNCC(=O)Nc3cc(C(C)(C)C)nn3-c3cccc(OCCO)c3)cn12. The normalized spacial score (nSPS) is 11.6. The van der Waals surface area contributed by atoms with Gasteiger partial charge in [-0.25, -0.2) is 4.68 Å². The number of aliphatic hydroxyl groups is 1. The highest BCUT2D eigenvalue weighted by Crippen LogP contribution is 2.32. The molecule has 3 aromatic carbocycles. The van der Waals surface area contributed by atoms with Crippen LogP contribution in [0.3, 0.4) is 0 Å². The average Bonchev–Trinajstić information content (AvgIpc) is 3.69. The number of fused-ring (bicyclic) bond motifs is 1. The van der Waals surface area contributed by atoms with E-state index in [1.165, 1.54) is 0 Å². The number of aromatic nitrogens is 5. The van der Waals surface area contributed by atoms with E-state index >= 15 is 0 Å². The highest BCUT2D eigenvalue weighted by atomic mass is 32.2. The lowest BCUT2D eigenvalue weighted by Crippen LogP contribution is -2.28. The number of carbonyl (C=O) groups is 1. The number of hydrogen-bond donors (Lipinski definition) is 3. The number of aryl methyl sites for hydroxylation is 1. The first kappa shape index (κ1) is 33.0. The molecule has 246 valence electrons. The standard InChI is InChI=1S/C37H39N7O3S/c1-25-10-5-7-14-30(25)36-41-40-33-17-16-29(24-43(33)36)48-31-15-8-6-11-26(31)22-38-23-35(46)39-34-21-32(37(2,3)4)42-44(34)27-12-9-13-28(20-27)47-19-18-45/h5-17,20-21,24,38,45H,18-19,22-23H2,1-4H3,(H,39,46). The van der Waals surface area contributed by atoms with E-state index in [9.17, 15) is 4.79 Å². The van der Waals surface area contributed by atoms with Gasteiger partial charge >= 0.3 is 0 Å². The van der Waals surface area contributed by atoms with Gasteiger partial charge in [0, 0.05) is 45.6 Å². The first-order chi connectivity index (χ1) is 23.2. The van der Waals surface area contributed by atoms with Crippen molar-refractivity contribution in [3.63, 3.8) is 0 Å². The molecule has 6 aromatic rings. The Labute approximate surface area is 284 Å². The number of carbonyl (C=O) groups excluding carboxylic acids is 1. The summed E-state index contributed by atoms with van der Waals surface area (Å²) in [7, 11) is 0. The Morgan fingerprint density at radius 1 is 0.958 bits per heavy atom. The Morgan fingerprint density at radius 3 is 2.58 bits per heavy atom. The van der Waals surface area contributed by atoms with Gasteiger partial charge in [-0.2, -0.15) is 5.10 Å². The van der Waals surface area contributed by atoms with Crippen molar-refractivity contribution in [2.75, 3.05) is 25.1 Å². The summed E-state index contributed by atoms with van der Waals surface area (Å²) in [6, 6.07) is 29.7. The van der Waals surface area contributed by atoms with Crippen LogP contribution in [0.5, 0.6) is 5.75 Å². The molecule has 1 amide bonds. The molecule has 0 fully saturated rings. The van der Waals surface area contributed by atoms with Gasteiger partial charge in [-0.1, -0.05) is 81.1 Å². The zero-order chi connectivity index (χ0) is 33.7. The zero-order valence-corrected chi connectivity index (χ0v) is 28.3. The van der Waals surface area contributed by atoms with Crippen LogP contribution in [0, 0.1) is 6.92 Å². The Kier molecular flexibility index (Phi) is 9.90. The molecule has 3 N–H and O–H groups in total. The molecule has 0 atom stereocenters. The summed E-state index contributed by atoms with van der Waals surface area (Å²) >= 11 is 1.66. The summed E-state index contributed by atoms with van der Waals surface area (Å²) in [6.45, 7) is 9.05. The molecule has 0 aliphatic carbocycles. The predicted molar refractivity (Wildman–Crippen MR) is 189 cm³/mol. The Morgan fingerprint density at radius 2 is 1.77 bits per heavy atom.